The molecule has 10 atom stereocenters. The van der Waals surface area contributed by atoms with Crippen LogP contribution in [0.25, 0.3) is 0 Å². The smallest absolute Gasteiger partial charge is 0.326 e. The number of carboxylic acids is 1. The van der Waals surface area contributed by atoms with Crippen molar-refractivity contribution in [1.29, 1.82) is 0 Å². The lowest BCUT2D eigenvalue weighted by atomic mass is 9.96. The monoisotopic (exact) mass is 677 g/mol. The van der Waals surface area contributed by atoms with E-state index < -0.39 is 103 Å². The largest absolute Gasteiger partial charge is 0.480 e. The van der Waals surface area contributed by atoms with E-state index in [0.29, 0.717) is 12.8 Å². The molecule has 13 N–H and O–H groups in total. The number of carboxylic acid groups (broad SMARTS) is 1. The quantitative estimate of drug-likeness (QED) is 0.0542. The Balaban J connectivity index is 3.21. The summed E-state index contributed by atoms with van der Waals surface area (Å²) in [5.74, 6) is -4.97. The lowest BCUT2D eigenvalue weighted by Crippen LogP contribution is -2.65. The molecule has 0 radical (unpaired) electrons. The summed E-state index contributed by atoms with van der Waals surface area (Å²) in [6, 6.07) is -6.07. The second kappa shape index (κ2) is 20.0. The van der Waals surface area contributed by atoms with Crippen molar-refractivity contribution in [2.24, 2.45) is 17.2 Å². The fourth-order valence-electron chi connectivity index (χ4n) is 4.88. The molecule has 1 saturated heterocycles. The number of ether oxygens (including phenoxy) is 2. The van der Waals surface area contributed by atoms with Crippen LogP contribution in [0.5, 0.6) is 0 Å². The lowest BCUT2D eigenvalue weighted by molar-refractivity contribution is -0.268. The van der Waals surface area contributed by atoms with E-state index >= 15 is 0 Å². The molecule has 270 valence electrons. The Morgan fingerprint density at radius 1 is 1.00 bits per heavy atom. The molecule has 5 amide bonds. The first-order valence-electron chi connectivity index (χ1n) is 15.4. The van der Waals surface area contributed by atoms with E-state index in [2.05, 4.69) is 16.0 Å². The van der Waals surface area contributed by atoms with Crippen molar-refractivity contribution in [2.75, 3.05) is 19.7 Å². The molecule has 1 heterocycles. The average Bonchev–Trinajstić information content (AvgIpc) is 2.99. The van der Waals surface area contributed by atoms with Gasteiger partial charge in [0.1, 0.15) is 42.5 Å². The van der Waals surface area contributed by atoms with Crippen molar-refractivity contribution in [3.8, 4) is 0 Å². The highest BCUT2D eigenvalue weighted by Crippen LogP contribution is 2.24. The SMILES string of the molecule is CC(=O)N[C@@H]1[C@@H](OC(C)CN(C(=O)[C@H](CCCCN)NC(=O)CC[C@@H](NC(=O)[C@H](C)N)C(N)=O)[C@@H](C)C(=O)O)[C@H](O)[C@@H](CO)O[C@@H]1O. The Morgan fingerprint density at radius 2 is 1.64 bits per heavy atom. The van der Waals surface area contributed by atoms with Crippen LogP contribution in [0.4, 0.5) is 0 Å². The number of amides is 5. The number of aliphatic hydroxyl groups is 3. The molecule has 0 aromatic rings. The minimum atomic E-state index is -1.67. The predicted molar refractivity (Wildman–Crippen MR) is 164 cm³/mol. The lowest BCUT2D eigenvalue weighted by Gasteiger charge is -2.44. The normalized spacial score (nSPS) is 24.1. The maximum absolute atomic E-state index is 13.9. The number of primary amides is 1. The highest BCUT2D eigenvalue weighted by Gasteiger charge is 2.46. The first kappa shape index (κ1) is 41.6. The van der Waals surface area contributed by atoms with Gasteiger partial charge in [-0.3, -0.25) is 24.0 Å². The van der Waals surface area contributed by atoms with Crippen LogP contribution in [0.3, 0.4) is 0 Å². The number of carbonyl (C=O) groups is 6. The van der Waals surface area contributed by atoms with Gasteiger partial charge in [0.2, 0.25) is 29.5 Å². The van der Waals surface area contributed by atoms with Gasteiger partial charge in [-0.1, -0.05) is 0 Å². The summed E-state index contributed by atoms with van der Waals surface area (Å²) in [6.45, 7) is 4.50. The van der Waals surface area contributed by atoms with Gasteiger partial charge >= 0.3 is 5.97 Å². The molecule has 0 aromatic heterocycles. The van der Waals surface area contributed by atoms with Crippen LogP contribution in [-0.4, -0.2) is 141 Å². The number of nitrogens with two attached hydrogens (primary N) is 3. The molecule has 0 aliphatic carbocycles. The minimum Gasteiger partial charge on any atom is -0.480 e. The number of carbonyl (C=O) groups excluding carboxylic acids is 5. The van der Waals surface area contributed by atoms with Crippen molar-refractivity contribution in [3.63, 3.8) is 0 Å². The minimum absolute atomic E-state index is 0.0776. The Hall–Kier alpha value is -3.46. The number of unbranched alkanes of at least 4 members (excludes halogenated alkanes) is 1. The van der Waals surface area contributed by atoms with E-state index in [4.69, 9.17) is 26.7 Å². The van der Waals surface area contributed by atoms with E-state index in [1.165, 1.54) is 20.8 Å². The molecule has 47 heavy (non-hydrogen) atoms. The van der Waals surface area contributed by atoms with Gasteiger partial charge in [-0.05, 0) is 53.0 Å². The molecule has 19 heteroatoms. The zero-order valence-electron chi connectivity index (χ0n) is 27.2. The van der Waals surface area contributed by atoms with Crippen molar-refractivity contribution < 1.29 is 58.7 Å². The summed E-state index contributed by atoms with van der Waals surface area (Å²) >= 11 is 0. The molecule has 1 aliphatic rings. The van der Waals surface area contributed by atoms with Crippen molar-refractivity contribution in [2.45, 2.75) is 121 Å². The number of nitrogens with zero attached hydrogens (tertiary/aromatic N) is 1. The highest BCUT2D eigenvalue weighted by atomic mass is 16.6. The average molecular weight is 678 g/mol. The van der Waals surface area contributed by atoms with Crippen molar-refractivity contribution in [1.82, 2.24) is 20.9 Å². The van der Waals surface area contributed by atoms with Gasteiger partial charge in [0, 0.05) is 19.9 Å². The van der Waals surface area contributed by atoms with Gasteiger partial charge in [-0.2, -0.15) is 0 Å². The second-order valence-electron chi connectivity index (χ2n) is 11.6. The molecule has 0 spiro atoms. The Kier molecular flexibility index (Phi) is 17.7. The summed E-state index contributed by atoms with van der Waals surface area (Å²) in [5, 5.41) is 47.9. The number of hydrogen-bond donors (Lipinski definition) is 10. The van der Waals surface area contributed by atoms with Crippen molar-refractivity contribution >= 4 is 35.5 Å². The number of nitrogens with one attached hydrogen (secondary N) is 3. The Morgan fingerprint density at radius 3 is 2.15 bits per heavy atom. The molecule has 0 aromatic carbocycles. The van der Waals surface area contributed by atoms with E-state index in [-0.39, 0.29) is 32.4 Å². The summed E-state index contributed by atoms with van der Waals surface area (Å²) in [4.78, 5) is 75.3. The summed E-state index contributed by atoms with van der Waals surface area (Å²) in [7, 11) is 0. The standard InChI is InChI=1S/C28H51N7O12/c1-13(46-23-21(32-16(4)37)28(45)47-19(12-36)22(23)39)11-35(15(3)27(43)44)26(42)18(7-5-6-10-29)33-20(38)9-8-17(24(31)40)34-25(41)14(2)30/h13-15,17-19,21-23,28,36,39,45H,5-12,29-30H2,1-4H3,(H2,31,40)(H,32,37)(H,33,38)(H,34,41)(H,43,44)/t13?,14-,15-,17+,18-,19+,21+,22+,23+,28-/m0/s1. The number of aliphatic carboxylic acids is 1. The molecule has 1 rings (SSSR count). The molecule has 1 fully saturated rings. The maximum Gasteiger partial charge on any atom is 0.326 e. The van der Waals surface area contributed by atoms with E-state index in [1.54, 1.807) is 0 Å². The predicted octanol–water partition coefficient (Wildman–Crippen LogP) is -4.65. The topological polar surface area (TPSA) is 319 Å². The van der Waals surface area contributed by atoms with Gasteiger partial charge in [-0.25, -0.2) is 4.79 Å². The fraction of sp³-hybridized carbons (Fsp3) is 0.786. The van der Waals surface area contributed by atoms with Crippen LogP contribution in [0.2, 0.25) is 0 Å². The molecular formula is C28H51N7O12. The molecule has 0 saturated carbocycles. The summed E-state index contributed by atoms with van der Waals surface area (Å²) in [5.41, 5.74) is 16.4. The van der Waals surface area contributed by atoms with Crippen LogP contribution in [-0.2, 0) is 38.2 Å². The molecule has 1 unspecified atom stereocenters. The molecule has 1 aliphatic heterocycles. The van der Waals surface area contributed by atoms with E-state index in [9.17, 15) is 49.2 Å². The van der Waals surface area contributed by atoms with E-state index in [1.807, 2.05) is 0 Å². The van der Waals surface area contributed by atoms with Gasteiger partial charge < -0.3 is 68.0 Å². The van der Waals surface area contributed by atoms with Crippen LogP contribution in [0.15, 0.2) is 0 Å². The number of rotatable bonds is 20. The Labute approximate surface area is 272 Å². The van der Waals surface area contributed by atoms with Gasteiger partial charge in [0.15, 0.2) is 6.29 Å². The summed E-state index contributed by atoms with van der Waals surface area (Å²) in [6.07, 6.45) is -6.42. The van der Waals surface area contributed by atoms with Crippen LogP contribution in [0, 0.1) is 0 Å². The zero-order valence-corrected chi connectivity index (χ0v) is 27.2. The van der Waals surface area contributed by atoms with E-state index in [0.717, 1.165) is 11.8 Å². The number of hydrogen-bond acceptors (Lipinski definition) is 13. The van der Waals surface area contributed by atoms with Crippen molar-refractivity contribution in [3.05, 3.63) is 0 Å². The molecule has 0 bridgehead atoms. The maximum atomic E-state index is 13.9. The third kappa shape index (κ3) is 13.3. The first-order valence-corrected chi connectivity index (χ1v) is 15.4. The highest BCUT2D eigenvalue weighted by molar-refractivity contribution is 5.91. The summed E-state index contributed by atoms with van der Waals surface area (Å²) < 4.78 is 11.1. The Bertz CT molecular complexity index is 1080. The van der Waals surface area contributed by atoms with Crippen LogP contribution < -0.4 is 33.2 Å². The van der Waals surface area contributed by atoms with Gasteiger partial charge in [-0.15, -0.1) is 0 Å². The third-order valence-electron chi connectivity index (χ3n) is 7.51. The fourth-order valence-corrected chi connectivity index (χ4v) is 4.88. The third-order valence-corrected chi connectivity index (χ3v) is 7.51. The van der Waals surface area contributed by atoms with Gasteiger partial charge in [0.25, 0.3) is 0 Å². The van der Waals surface area contributed by atoms with Crippen LogP contribution in [0.1, 0.15) is 59.8 Å². The first-order chi connectivity index (χ1) is 21.9. The number of aliphatic hydroxyl groups excluding tert-OH is 3. The molecular weight excluding hydrogens is 626 g/mol. The second-order valence-corrected chi connectivity index (χ2v) is 11.6. The zero-order chi connectivity index (χ0) is 36.0. The molecule has 19 nitrogen and oxygen atoms in total. The van der Waals surface area contributed by atoms with Gasteiger partial charge in [0.05, 0.1) is 18.8 Å². The van der Waals surface area contributed by atoms with Crippen LogP contribution >= 0.6 is 0 Å².